The highest BCUT2D eigenvalue weighted by Gasteiger charge is 2.18. The lowest BCUT2D eigenvalue weighted by Crippen LogP contribution is -1.89. The molecule has 3 aromatic rings. The average Bonchev–Trinajstić information content (AvgIpc) is 2.85. The Morgan fingerprint density at radius 2 is 2.05 bits per heavy atom. The van der Waals surface area contributed by atoms with Crippen LogP contribution in [0.15, 0.2) is 51.7 Å². The van der Waals surface area contributed by atoms with Gasteiger partial charge in [-0.1, -0.05) is 39.3 Å². The highest BCUT2D eigenvalue weighted by molar-refractivity contribution is 9.10. The molecular formula is C15H12BrN3O. The van der Waals surface area contributed by atoms with Crippen LogP contribution in [0.2, 0.25) is 0 Å². The SMILES string of the molecule is Cc1ccc(-c2onc(N)c2-c2cccnc2)cc1Br. The molecule has 1 aromatic carbocycles. The Morgan fingerprint density at radius 1 is 1.20 bits per heavy atom. The van der Waals surface area contributed by atoms with Gasteiger partial charge >= 0.3 is 0 Å². The molecule has 100 valence electrons. The van der Waals surface area contributed by atoms with Gasteiger partial charge in [-0.05, 0) is 24.6 Å². The first-order valence-electron chi connectivity index (χ1n) is 6.09. The van der Waals surface area contributed by atoms with Gasteiger partial charge in [0.2, 0.25) is 0 Å². The number of halogens is 1. The van der Waals surface area contributed by atoms with Gasteiger partial charge in [0.05, 0.1) is 5.56 Å². The Balaban J connectivity index is 2.18. The van der Waals surface area contributed by atoms with E-state index in [1.165, 1.54) is 0 Å². The van der Waals surface area contributed by atoms with E-state index in [0.717, 1.165) is 26.7 Å². The lowest BCUT2D eigenvalue weighted by Gasteiger charge is -2.04. The summed E-state index contributed by atoms with van der Waals surface area (Å²) in [4.78, 5) is 4.11. The Kier molecular flexibility index (Phi) is 3.28. The van der Waals surface area contributed by atoms with E-state index in [9.17, 15) is 0 Å². The van der Waals surface area contributed by atoms with Crippen LogP contribution in [0.5, 0.6) is 0 Å². The Labute approximate surface area is 124 Å². The fourth-order valence-electron chi connectivity index (χ4n) is 2.02. The van der Waals surface area contributed by atoms with Gasteiger partial charge in [-0.15, -0.1) is 0 Å². The van der Waals surface area contributed by atoms with E-state index in [4.69, 9.17) is 10.3 Å². The summed E-state index contributed by atoms with van der Waals surface area (Å²) in [6, 6.07) is 9.79. The zero-order valence-electron chi connectivity index (χ0n) is 10.8. The average molecular weight is 330 g/mol. The van der Waals surface area contributed by atoms with Gasteiger partial charge in [-0.25, -0.2) is 0 Å². The molecule has 3 rings (SSSR count). The van der Waals surface area contributed by atoms with Gasteiger partial charge in [0.15, 0.2) is 11.6 Å². The smallest absolute Gasteiger partial charge is 0.177 e. The fourth-order valence-corrected chi connectivity index (χ4v) is 2.40. The molecule has 0 unspecified atom stereocenters. The molecule has 0 saturated carbocycles. The summed E-state index contributed by atoms with van der Waals surface area (Å²) in [5, 5.41) is 3.88. The Morgan fingerprint density at radius 3 is 2.75 bits per heavy atom. The van der Waals surface area contributed by atoms with E-state index in [0.29, 0.717) is 11.6 Å². The van der Waals surface area contributed by atoms with Gasteiger partial charge in [0.1, 0.15) is 0 Å². The van der Waals surface area contributed by atoms with Crippen molar-refractivity contribution in [1.29, 1.82) is 0 Å². The molecule has 0 fully saturated rings. The number of nitrogens with zero attached hydrogens (tertiary/aromatic N) is 2. The lowest BCUT2D eigenvalue weighted by molar-refractivity contribution is 0.436. The molecule has 0 atom stereocenters. The summed E-state index contributed by atoms with van der Waals surface area (Å²) in [6.07, 6.45) is 3.46. The monoisotopic (exact) mass is 329 g/mol. The first-order chi connectivity index (χ1) is 9.66. The van der Waals surface area contributed by atoms with E-state index in [2.05, 4.69) is 26.1 Å². The second-order valence-corrected chi connectivity index (χ2v) is 5.33. The number of nitrogens with two attached hydrogens (primary N) is 1. The number of nitrogen functional groups attached to an aromatic ring is 1. The normalized spacial score (nSPS) is 10.7. The number of benzene rings is 1. The number of anilines is 1. The van der Waals surface area contributed by atoms with Crippen LogP contribution in [0.3, 0.4) is 0 Å². The van der Waals surface area contributed by atoms with E-state index in [1.54, 1.807) is 12.4 Å². The number of hydrogen-bond acceptors (Lipinski definition) is 4. The molecule has 5 heteroatoms. The topological polar surface area (TPSA) is 64.9 Å². The number of rotatable bonds is 2. The first-order valence-corrected chi connectivity index (χ1v) is 6.88. The number of aromatic nitrogens is 2. The summed E-state index contributed by atoms with van der Waals surface area (Å²) >= 11 is 3.53. The van der Waals surface area contributed by atoms with Crippen molar-refractivity contribution < 1.29 is 4.52 Å². The van der Waals surface area contributed by atoms with Crippen LogP contribution in [0, 0.1) is 6.92 Å². The van der Waals surface area contributed by atoms with Crippen LogP contribution < -0.4 is 5.73 Å². The maximum atomic E-state index is 5.93. The minimum atomic E-state index is 0.365. The molecule has 0 aliphatic carbocycles. The maximum Gasteiger partial charge on any atom is 0.177 e. The summed E-state index contributed by atoms with van der Waals surface area (Å²) < 4.78 is 6.42. The predicted octanol–water partition coefficient (Wildman–Crippen LogP) is 4.06. The van der Waals surface area contributed by atoms with Gasteiger partial charge in [0.25, 0.3) is 0 Å². The summed E-state index contributed by atoms with van der Waals surface area (Å²) in [6.45, 7) is 2.03. The van der Waals surface area contributed by atoms with Crippen LogP contribution in [-0.2, 0) is 0 Å². The molecule has 2 heterocycles. The van der Waals surface area contributed by atoms with Crippen molar-refractivity contribution in [1.82, 2.24) is 10.1 Å². The minimum absolute atomic E-state index is 0.365. The third-order valence-corrected chi connectivity index (χ3v) is 3.96. The van der Waals surface area contributed by atoms with E-state index in [-0.39, 0.29) is 0 Å². The summed E-state index contributed by atoms with van der Waals surface area (Å²) in [5.74, 6) is 1.01. The minimum Gasteiger partial charge on any atom is -0.380 e. The van der Waals surface area contributed by atoms with Crippen molar-refractivity contribution in [2.45, 2.75) is 6.92 Å². The van der Waals surface area contributed by atoms with Crippen molar-refractivity contribution in [2.24, 2.45) is 0 Å². The zero-order chi connectivity index (χ0) is 14.1. The van der Waals surface area contributed by atoms with Crippen LogP contribution in [0.1, 0.15) is 5.56 Å². The molecule has 0 saturated heterocycles. The first kappa shape index (κ1) is 12.9. The highest BCUT2D eigenvalue weighted by Crippen LogP contribution is 2.37. The van der Waals surface area contributed by atoms with Gasteiger partial charge in [0, 0.05) is 28.0 Å². The Bertz CT molecular complexity index is 753. The highest BCUT2D eigenvalue weighted by atomic mass is 79.9. The molecular weight excluding hydrogens is 318 g/mol. The maximum absolute atomic E-state index is 5.93. The summed E-state index contributed by atoms with van der Waals surface area (Å²) in [5.41, 5.74) is 9.67. The van der Waals surface area contributed by atoms with Crippen molar-refractivity contribution in [3.8, 4) is 22.5 Å². The van der Waals surface area contributed by atoms with Crippen molar-refractivity contribution in [2.75, 3.05) is 5.73 Å². The molecule has 2 aromatic heterocycles. The van der Waals surface area contributed by atoms with Crippen molar-refractivity contribution in [3.05, 3.63) is 52.8 Å². The summed E-state index contributed by atoms with van der Waals surface area (Å²) in [7, 11) is 0. The molecule has 0 aliphatic heterocycles. The Hall–Kier alpha value is -2.14. The lowest BCUT2D eigenvalue weighted by atomic mass is 10.0. The van der Waals surface area contributed by atoms with Crippen LogP contribution in [0.4, 0.5) is 5.82 Å². The van der Waals surface area contributed by atoms with Crippen LogP contribution in [-0.4, -0.2) is 10.1 Å². The molecule has 0 spiro atoms. The molecule has 20 heavy (non-hydrogen) atoms. The van der Waals surface area contributed by atoms with Crippen LogP contribution in [0.25, 0.3) is 22.5 Å². The van der Waals surface area contributed by atoms with E-state index >= 15 is 0 Å². The molecule has 4 nitrogen and oxygen atoms in total. The molecule has 2 N–H and O–H groups in total. The van der Waals surface area contributed by atoms with Crippen molar-refractivity contribution in [3.63, 3.8) is 0 Å². The van der Waals surface area contributed by atoms with Gasteiger partial charge < -0.3 is 10.3 Å². The standard InChI is InChI=1S/C15H12BrN3O/c1-9-4-5-10(7-12(9)16)14-13(15(17)19-20-14)11-3-2-6-18-8-11/h2-8H,1H3,(H2,17,19). The number of aryl methyl sites for hydroxylation is 1. The second-order valence-electron chi connectivity index (χ2n) is 4.48. The number of hydrogen-bond donors (Lipinski definition) is 1. The van der Waals surface area contributed by atoms with E-state index < -0.39 is 0 Å². The third kappa shape index (κ3) is 2.20. The van der Waals surface area contributed by atoms with Gasteiger partial charge in [-0.2, -0.15) is 0 Å². The number of pyridine rings is 1. The molecule has 0 aliphatic rings. The zero-order valence-corrected chi connectivity index (χ0v) is 12.4. The van der Waals surface area contributed by atoms with Crippen LogP contribution >= 0.6 is 15.9 Å². The third-order valence-electron chi connectivity index (χ3n) is 3.10. The van der Waals surface area contributed by atoms with Gasteiger partial charge in [-0.3, -0.25) is 4.98 Å². The van der Waals surface area contributed by atoms with E-state index in [1.807, 2.05) is 37.3 Å². The predicted molar refractivity (Wildman–Crippen MR) is 82.0 cm³/mol. The molecule has 0 bridgehead atoms. The largest absolute Gasteiger partial charge is 0.380 e. The quantitative estimate of drug-likeness (QED) is 0.770. The molecule has 0 amide bonds. The van der Waals surface area contributed by atoms with Crippen molar-refractivity contribution >= 4 is 21.7 Å². The molecule has 0 radical (unpaired) electrons. The fraction of sp³-hybridized carbons (Fsp3) is 0.0667. The second kappa shape index (κ2) is 5.09.